The molecule has 140 valence electrons. The maximum Gasteiger partial charge on any atom is 0.231 e. The average Bonchev–Trinajstić information content (AvgIpc) is 3.38. The summed E-state index contributed by atoms with van der Waals surface area (Å²) >= 11 is 0. The molecule has 4 aliphatic rings. The minimum atomic E-state index is 0.322. The highest BCUT2D eigenvalue weighted by Gasteiger charge is 2.40. The van der Waals surface area contributed by atoms with Crippen LogP contribution >= 0.6 is 0 Å². The number of piperazine rings is 1. The number of amides is 1. The van der Waals surface area contributed by atoms with Crippen LogP contribution in [0.5, 0.6) is 11.5 Å². The van der Waals surface area contributed by atoms with Gasteiger partial charge in [0.15, 0.2) is 11.5 Å². The Morgan fingerprint density at radius 1 is 1.04 bits per heavy atom. The zero-order valence-corrected chi connectivity index (χ0v) is 15.4. The minimum Gasteiger partial charge on any atom is -0.454 e. The number of benzene rings is 1. The molecule has 0 aromatic heterocycles. The van der Waals surface area contributed by atoms with Crippen molar-refractivity contribution in [3.63, 3.8) is 0 Å². The fourth-order valence-corrected chi connectivity index (χ4v) is 5.43. The van der Waals surface area contributed by atoms with Crippen LogP contribution in [0.4, 0.5) is 0 Å². The van der Waals surface area contributed by atoms with Crippen molar-refractivity contribution in [2.24, 2.45) is 17.8 Å². The fourth-order valence-electron chi connectivity index (χ4n) is 5.43. The maximum absolute atomic E-state index is 12.7. The summed E-state index contributed by atoms with van der Waals surface area (Å²) in [5.74, 6) is 4.53. The first kappa shape index (κ1) is 16.4. The molecule has 2 saturated carbocycles. The molecule has 0 spiro atoms. The third-order valence-corrected chi connectivity index (χ3v) is 6.89. The molecule has 5 heteroatoms. The van der Waals surface area contributed by atoms with E-state index in [1.807, 2.05) is 6.07 Å². The second-order valence-electron chi connectivity index (χ2n) is 8.48. The Morgan fingerprint density at radius 2 is 1.88 bits per heavy atom. The first-order valence-corrected chi connectivity index (χ1v) is 10.1. The Morgan fingerprint density at radius 3 is 2.65 bits per heavy atom. The highest BCUT2D eigenvalue weighted by Crippen LogP contribution is 2.49. The first-order chi connectivity index (χ1) is 12.7. The third kappa shape index (κ3) is 3.18. The third-order valence-electron chi connectivity index (χ3n) is 6.89. The van der Waals surface area contributed by atoms with Crippen LogP contribution < -0.4 is 9.47 Å². The van der Waals surface area contributed by atoms with Crippen LogP contribution in [0.1, 0.15) is 37.7 Å². The van der Waals surface area contributed by atoms with Gasteiger partial charge in [0.1, 0.15) is 0 Å². The lowest BCUT2D eigenvalue weighted by Gasteiger charge is -2.35. The quantitative estimate of drug-likeness (QED) is 0.832. The van der Waals surface area contributed by atoms with Crippen LogP contribution in [0.2, 0.25) is 0 Å². The molecule has 1 saturated heterocycles. The molecule has 2 aliphatic heterocycles. The summed E-state index contributed by atoms with van der Waals surface area (Å²) in [4.78, 5) is 17.2. The molecule has 3 fully saturated rings. The standard InChI is InChI=1S/C21H28N2O3/c24-21(12-18-10-15-1-3-17(18)9-15)23-7-5-22(6-8-23)13-16-2-4-19-20(11-16)26-14-25-19/h2,4,11,15,17-18H,1,3,5-10,12-14H2. The van der Waals surface area contributed by atoms with Crippen molar-refractivity contribution < 1.29 is 14.3 Å². The van der Waals surface area contributed by atoms with Gasteiger partial charge in [-0.15, -0.1) is 0 Å². The van der Waals surface area contributed by atoms with Gasteiger partial charge in [0.25, 0.3) is 0 Å². The van der Waals surface area contributed by atoms with Gasteiger partial charge in [-0.2, -0.15) is 0 Å². The fraction of sp³-hybridized carbons (Fsp3) is 0.667. The zero-order valence-electron chi connectivity index (χ0n) is 15.4. The molecule has 0 N–H and O–H groups in total. The van der Waals surface area contributed by atoms with E-state index in [2.05, 4.69) is 21.9 Å². The van der Waals surface area contributed by atoms with E-state index in [0.29, 0.717) is 18.6 Å². The van der Waals surface area contributed by atoms with E-state index >= 15 is 0 Å². The minimum absolute atomic E-state index is 0.322. The van der Waals surface area contributed by atoms with Crippen molar-refractivity contribution in [1.82, 2.24) is 9.80 Å². The lowest BCUT2D eigenvalue weighted by molar-refractivity contribution is -0.134. The summed E-state index contributed by atoms with van der Waals surface area (Å²) in [7, 11) is 0. The van der Waals surface area contributed by atoms with Crippen molar-refractivity contribution in [3.05, 3.63) is 23.8 Å². The highest BCUT2D eigenvalue weighted by atomic mass is 16.7. The molecule has 2 aliphatic carbocycles. The van der Waals surface area contributed by atoms with Gasteiger partial charge < -0.3 is 14.4 Å². The van der Waals surface area contributed by atoms with E-state index in [1.165, 1.54) is 31.2 Å². The van der Waals surface area contributed by atoms with E-state index in [1.54, 1.807) is 0 Å². The number of rotatable bonds is 4. The summed E-state index contributed by atoms with van der Waals surface area (Å²) < 4.78 is 10.8. The number of hydrogen-bond donors (Lipinski definition) is 0. The Kier molecular flexibility index (Phi) is 4.27. The molecule has 3 unspecified atom stereocenters. The molecule has 0 radical (unpaired) electrons. The smallest absolute Gasteiger partial charge is 0.231 e. The topological polar surface area (TPSA) is 42.0 Å². The molecule has 5 rings (SSSR count). The van der Waals surface area contributed by atoms with Crippen LogP contribution in [0, 0.1) is 17.8 Å². The van der Waals surface area contributed by atoms with E-state index < -0.39 is 0 Å². The van der Waals surface area contributed by atoms with Crippen LogP contribution in [0.3, 0.4) is 0 Å². The summed E-state index contributed by atoms with van der Waals surface area (Å²) in [6.07, 6.45) is 6.27. The molecule has 2 bridgehead atoms. The lowest BCUT2D eigenvalue weighted by Crippen LogP contribution is -2.48. The largest absolute Gasteiger partial charge is 0.454 e. The van der Waals surface area contributed by atoms with Crippen molar-refractivity contribution in [2.75, 3.05) is 33.0 Å². The number of hydrogen-bond acceptors (Lipinski definition) is 4. The number of ether oxygens (including phenoxy) is 2. The van der Waals surface area contributed by atoms with Gasteiger partial charge in [-0.25, -0.2) is 0 Å². The maximum atomic E-state index is 12.7. The van der Waals surface area contributed by atoms with Crippen LogP contribution in [-0.4, -0.2) is 48.7 Å². The second-order valence-corrected chi connectivity index (χ2v) is 8.48. The van der Waals surface area contributed by atoms with Crippen molar-refractivity contribution in [2.45, 2.75) is 38.6 Å². The lowest BCUT2D eigenvalue weighted by atomic mass is 9.86. The molecule has 5 nitrogen and oxygen atoms in total. The normalized spacial score (nSPS) is 30.2. The van der Waals surface area contributed by atoms with E-state index in [9.17, 15) is 4.79 Å². The Labute approximate surface area is 155 Å². The first-order valence-electron chi connectivity index (χ1n) is 10.1. The van der Waals surface area contributed by atoms with Gasteiger partial charge in [-0.1, -0.05) is 12.5 Å². The molecule has 1 aromatic rings. The molecule has 3 atom stereocenters. The van der Waals surface area contributed by atoms with Crippen LogP contribution in [0.25, 0.3) is 0 Å². The Bertz CT molecular complexity index is 684. The SMILES string of the molecule is O=C(CC1CC2CCC1C2)N1CCN(Cc2ccc3c(c2)OCO3)CC1. The number of nitrogens with zero attached hydrogens (tertiary/aromatic N) is 2. The van der Waals surface area contributed by atoms with Gasteiger partial charge in [0, 0.05) is 39.1 Å². The van der Waals surface area contributed by atoms with Crippen molar-refractivity contribution in [1.29, 1.82) is 0 Å². The average molecular weight is 356 g/mol. The Balaban J connectivity index is 1.11. The molecule has 26 heavy (non-hydrogen) atoms. The summed E-state index contributed by atoms with van der Waals surface area (Å²) in [5, 5.41) is 0. The van der Waals surface area contributed by atoms with E-state index in [4.69, 9.17) is 9.47 Å². The van der Waals surface area contributed by atoms with E-state index in [-0.39, 0.29) is 0 Å². The summed E-state index contributed by atoms with van der Waals surface area (Å²) in [5.41, 5.74) is 1.25. The predicted molar refractivity (Wildman–Crippen MR) is 98.0 cm³/mol. The van der Waals surface area contributed by atoms with Gasteiger partial charge in [-0.3, -0.25) is 9.69 Å². The molecule has 1 aromatic carbocycles. The second kappa shape index (κ2) is 6.76. The van der Waals surface area contributed by atoms with Crippen molar-refractivity contribution in [3.8, 4) is 11.5 Å². The molecule has 2 heterocycles. The van der Waals surface area contributed by atoms with E-state index in [0.717, 1.165) is 62.5 Å². The molecular formula is C21H28N2O3. The van der Waals surface area contributed by atoms with Gasteiger partial charge in [-0.05, 0) is 54.7 Å². The van der Waals surface area contributed by atoms with Crippen molar-refractivity contribution >= 4 is 5.91 Å². The number of fused-ring (bicyclic) bond motifs is 3. The zero-order chi connectivity index (χ0) is 17.5. The number of carbonyl (C=O) groups excluding carboxylic acids is 1. The Hall–Kier alpha value is -1.75. The molecule has 1 amide bonds. The van der Waals surface area contributed by atoms with Gasteiger partial charge >= 0.3 is 0 Å². The summed E-state index contributed by atoms with van der Waals surface area (Å²) in [6, 6.07) is 6.18. The number of carbonyl (C=O) groups is 1. The summed E-state index contributed by atoms with van der Waals surface area (Å²) in [6.45, 7) is 4.87. The van der Waals surface area contributed by atoms with Crippen LogP contribution in [-0.2, 0) is 11.3 Å². The van der Waals surface area contributed by atoms with Gasteiger partial charge in [0.2, 0.25) is 12.7 Å². The van der Waals surface area contributed by atoms with Crippen LogP contribution in [0.15, 0.2) is 18.2 Å². The highest BCUT2D eigenvalue weighted by molar-refractivity contribution is 5.76. The monoisotopic (exact) mass is 356 g/mol. The van der Waals surface area contributed by atoms with Gasteiger partial charge in [0.05, 0.1) is 0 Å². The molecular weight excluding hydrogens is 328 g/mol. The predicted octanol–water partition coefficient (Wildman–Crippen LogP) is 2.89.